The first-order valence-corrected chi connectivity index (χ1v) is 11.6. The molecule has 6 nitrogen and oxygen atoms in total. The van der Waals surface area contributed by atoms with E-state index in [2.05, 4.69) is 15.0 Å². The van der Waals surface area contributed by atoms with Crippen molar-refractivity contribution in [1.29, 1.82) is 0 Å². The van der Waals surface area contributed by atoms with Crippen LogP contribution >= 0.6 is 46.5 Å². The summed E-state index contributed by atoms with van der Waals surface area (Å²) in [4.78, 5) is 15.0. The van der Waals surface area contributed by atoms with Crippen molar-refractivity contribution in [2.24, 2.45) is 0 Å². The zero-order chi connectivity index (χ0) is 22.2. The van der Waals surface area contributed by atoms with Gasteiger partial charge in [0.2, 0.25) is 0 Å². The van der Waals surface area contributed by atoms with Crippen molar-refractivity contribution < 1.29 is 19.0 Å². The first-order valence-electron chi connectivity index (χ1n) is 9.12. The molecule has 2 aromatic carbocycles. The monoisotopic (exact) mass is 501 g/mol. The number of carboxylic acid groups (broad SMARTS) is 1. The lowest BCUT2D eigenvalue weighted by Crippen LogP contribution is -2.23. The smallest absolute Gasteiger partial charge is 0.317 e. The summed E-state index contributed by atoms with van der Waals surface area (Å²) in [7, 11) is 0. The van der Waals surface area contributed by atoms with Crippen LogP contribution in [0.2, 0.25) is 10.0 Å². The van der Waals surface area contributed by atoms with Crippen molar-refractivity contribution in [1.82, 2.24) is 10.3 Å². The number of thiazole rings is 1. The Morgan fingerprint density at radius 2 is 2.10 bits per heavy atom. The third-order valence-electron chi connectivity index (χ3n) is 3.99. The molecule has 0 saturated heterocycles. The first kappa shape index (κ1) is 23.6. The predicted molar refractivity (Wildman–Crippen MR) is 123 cm³/mol. The molecular weight excluding hydrogens is 484 g/mol. The van der Waals surface area contributed by atoms with Gasteiger partial charge in [0.1, 0.15) is 17.3 Å². The van der Waals surface area contributed by atoms with Crippen LogP contribution in [0.5, 0.6) is 11.5 Å². The fraction of sp³-hybridized carbons (Fsp3) is 0.200. The fourth-order valence-corrected chi connectivity index (χ4v) is 4.33. The van der Waals surface area contributed by atoms with Gasteiger partial charge in [0.25, 0.3) is 0 Å². The van der Waals surface area contributed by atoms with Crippen LogP contribution in [0.15, 0.2) is 46.8 Å². The Balaban J connectivity index is 1.68. The number of aryl methyl sites for hydroxylation is 1. The summed E-state index contributed by atoms with van der Waals surface area (Å²) in [5, 5.41) is 14.8. The molecule has 0 radical (unpaired) electrons. The van der Waals surface area contributed by atoms with Gasteiger partial charge in [-0.15, -0.1) is 11.3 Å². The zero-order valence-corrected chi connectivity index (χ0v) is 19.2. The highest BCUT2D eigenvalue weighted by atomic mass is 35.5. The zero-order valence-electron chi connectivity index (χ0n) is 16.0. The van der Waals surface area contributed by atoms with Crippen molar-refractivity contribution in [3.63, 3.8) is 0 Å². The number of aromatic nitrogens is 1. The largest absolute Gasteiger partial charge is 0.480 e. The van der Waals surface area contributed by atoms with Gasteiger partial charge < -0.3 is 19.9 Å². The molecule has 0 aliphatic heterocycles. The topological polar surface area (TPSA) is 83.5 Å². The van der Waals surface area contributed by atoms with Crippen LogP contribution in [0.3, 0.4) is 0 Å². The number of rotatable bonds is 11. The van der Waals surface area contributed by atoms with Crippen molar-refractivity contribution in [3.8, 4) is 11.5 Å². The number of aliphatic carboxylic acids is 1. The van der Waals surface area contributed by atoms with E-state index in [4.69, 9.17) is 33.0 Å². The average molecular weight is 502 g/mol. The van der Waals surface area contributed by atoms with E-state index >= 15 is 0 Å². The molecule has 0 spiro atoms. The minimum Gasteiger partial charge on any atom is -0.480 e. The molecule has 164 valence electrons. The second-order valence-electron chi connectivity index (χ2n) is 6.28. The van der Waals surface area contributed by atoms with Crippen molar-refractivity contribution in [2.45, 2.75) is 17.7 Å². The summed E-state index contributed by atoms with van der Waals surface area (Å²) in [6, 6.07) is 7.86. The van der Waals surface area contributed by atoms with Crippen LogP contribution < -0.4 is 14.8 Å². The van der Waals surface area contributed by atoms with E-state index < -0.39 is 11.8 Å². The van der Waals surface area contributed by atoms with Gasteiger partial charge in [-0.05, 0) is 61.2 Å². The molecule has 3 rings (SSSR count). The predicted octanol–water partition coefficient (Wildman–Crippen LogP) is 6.11. The Bertz CT molecular complexity index is 1040. The Morgan fingerprint density at radius 1 is 1.26 bits per heavy atom. The molecule has 3 N–H and O–H groups in total. The number of halogens is 3. The molecule has 0 aliphatic rings. The van der Waals surface area contributed by atoms with Crippen molar-refractivity contribution >= 4 is 57.6 Å². The average Bonchev–Trinajstić information content (AvgIpc) is 3.24. The summed E-state index contributed by atoms with van der Waals surface area (Å²) in [5.41, 5.74) is 0.810. The number of benzene rings is 2. The van der Waals surface area contributed by atoms with Gasteiger partial charge in [-0.1, -0.05) is 23.2 Å². The van der Waals surface area contributed by atoms with E-state index in [1.165, 1.54) is 23.5 Å². The lowest BCUT2D eigenvalue weighted by Gasteiger charge is -2.14. The Labute approximate surface area is 196 Å². The number of anilines is 1. The van der Waals surface area contributed by atoms with Gasteiger partial charge in [0.15, 0.2) is 5.13 Å². The van der Waals surface area contributed by atoms with Gasteiger partial charge in [-0.2, -0.15) is 0 Å². The van der Waals surface area contributed by atoms with Crippen molar-refractivity contribution in [2.75, 3.05) is 17.8 Å². The molecule has 0 aliphatic carbocycles. The Hall–Kier alpha value is -2.04. The maximum Gasteiger partial charge on any atom is 0.317 e. The summed E-state index contributed by atoms with van der Waals surface area (Å²) in [6.07, 6.45) is 2.91. The Morgan fingerprint density at radius 3 is 2.84 bits per heavy atom. The standard InChI is InChI=1S/C20H18Cl2FN3O3S2/c21-13-3-4-16(12(8-13)2-1-5-24-11-19(27)28)29-17-10-15(23)18(9-14(17)22)31-26-20-25-6-7-30-20/h3-4,6-10,24H,1-2,5,11H2,(H,25,26)(H,27,28). The highest BCUT2D eigenvalue weighted by Crippen LogP contribution is 2.37. The molecule has 0 unspecified atom stereocenters. The number of hydrogen-bond donors (Lipinski definition) is 3. The molecule has 0 atom stereocenters. The SMILES string of the molecule is O=C(O)CNCCCc1cc(Cl)ccc1Oc1cc(F)c(SNc2nccs2)cc1Cl. The molecule has 0 bridgehead atoms. The third kappa shape index (κ3) is 7.26. The van der Waals surface area contributed by atoms with Crippen LogP contribution in [0, 0.1) is 5.82 Å². The summed E-state index contributed by atoms with van der Waals surface area (Å²) in [6.45, 7) is 0.418. The lowest BCUT2D eigenvalue weighted by atomic mass is 10.1. The molecule has 0 amide bonds. The van der Waals surface area contributed by atoms with E-state index in [1.807, 2.05) is 5.38 Å². The third-order valence-corrected chi connectivity index (χ3v) is 6.16. The van der Waals surface area contributed by atoms with Gasteiger partial charge >= 0.3 is 5.97 Å². The van der Waals surface area contributed by atoms with E-state index in [-0.39, 0.29) is 17.3 Å². The highest BCUT2D eigenvalue weighted by Gasteiger charge is 2.14. The highest BCUT2D eigenvalue weighted by molar-refractivity contribution is 8.00. The normalized spacial score (nSPS) is 10.8. The molecule has 3 aromatic rings. The quantitative estimate of drug-likeness (QED) is 0.216. The maximum absolute atomic E-state index is 14.6. The Kier molecular flexibility index (Phi) is 8.79. The van der Waals surface area contributed by atoms with E-state index in [0.717, 1.165) is 17.5 Å². The second-order valence-corrected chi connectivity index (χ2v) is 8.87. The summed E-state index contributed by atoms with van der Waals surface area (Å²) >= 11 is 14.9. The molecule has 0 saturated carbocycles. The summed E-state index contributed by atoms with van der Waals surface area (Å²) < 4.78 is 23.4. The molecule has 0 fully saturated rings. The molecule has 11 heteroatoms. The van der Waals surface area contributed by atoms with E-state index in [0.29, 0.717) is 40.2 Å². The molecule has 31 heavy (non-hydrogen) atoms. The van der Waals surface area contributed by atoms with Crippen LogP contribution in [0.4, 0.5) is 9.52 Å². The van der Waals surface area contributed by atoms with E-state index in [1.54, 1.807) is 24.4 Å². The summed E-state index contributed by atoms with van der Waals surface area (Å²) in [5.74, 6) is -0.704. The van der Waals surface area contributed by atoms with Crippen LogP contribution in [0.25, 0.3) is 0 Å². The number of carboxylic acids is 1. The van der Waals surface area contributed by atoms with E-state index in [9.17, 15) is 9.18 Å². The number of hydrogen-bond acceptors (Lipinski definition) is 7. The second kappa shape index (κ2) is 11.5. The van der Waals surface area contributed by atoms with Gasteiger partial charge in [-0.25, -0.2) is 9.37 Å². The molecular formula is C20H18Cl2FN3O3S2. The maximum atomic E-state index is 14.6. The molecule has 1 aromatic heterocycles. The number of nitrogens with zero attached hydrogens (tertiary/aromatic N) is 1. The van der Waals surface area contributed by atoms with Crippen LogP contribution in [-0.2, 0) is 11.2 Å². The van der Waals surface area contributed by atoms with Gasteiger partial charge in [0, 0.05) is 22.7 Å². The fourth-order valence-electron chi connectivity index (χ4n) is 2.60. The van der Waals surface area contributed by atoms with Crippen LogP contribution in [-0.4, -0.2) is 29.1 Å². The number of ether oxygens (including phenoxy) is 1. The van der Waals surface area contributed by atoms with Gasteiger partial charge in [-0.3, -0.25) is 4.79 Å². The van der Waals surface area contributed by atoms with Crippen molar-refractivity contribution in [3.05, 3.63) is 63.3 Å². The number of carbonyl (C=O) groups is 1. The number of nitrogens with one attached hydrogen (secondary N) is 2. The first-order chi connectivity index (χ1) is 14.9. The minimum atomic E-state index is -0.910. The molecule has 1 heterocycles. The van der Waals surface area contributed by atoms with Gasteiger partial charge in [0.05, 0.1) is 16.5 Å². The minimum absolute atomic E-state index is 0.102. The lowest BCUT2D eigenvalue weighted by molar-refractivity contribution is -0.135. The van der Waals surface area contributed by atoms with Crippen LogP contribution in [0.1, 0.15) is 12.0 Å².